The minimum atomic E-state index is -0.568. The minimum absolute atomic E-state index is 0.547. The molecule has 2 rings (SSSR count). The molecule has 1 saturated heterocycles. The van der Waals surface area contributed by atoms with Crippen LogP contribution in [0.1, 0.15) is 19.8 Å². The molecule has 0 unspecified atom stereocenters. The van der Waals surface area contributed by atoms with Crippen LogP contribution in [0.25, 0.3) is 0 Å². The molecule has 1 aliphatic heterocycles. The third-order valence-electron chi connectivity index (χ3n) is 3.09. The van der Waals surface area contributed by atoms with Crippen LogP contribution >= 0.6 is 11.6 Å². The van der Waals surface area contributed by atoms with Crippen molar-refractivity contribution in [3.63, 3.8) is 0 Å². The molecule has 0 bridgehead atoms. The molecule has 0 aliphatic carbocycles. The summed E-state index contributed by atoms with van der Waals surface area (Å²) < 4.78 is 0. The van der Waals surface area contributed by atoms with Crippen LogP contribution in [0, 0.1) is 0 Å². The highest BCUT2D eigenvalue weighted by Gasteiger charge is 2.28. The molecule has 0 saturated carbocycles. The summed E-state index contributed by atoms with van der Waals surface area (Å²) in [6.45, 7) is 3.38. The van der Waals surface area contributed by atoms with E-state index in [0.29, 0.717) is 11.0 Å². The van der Waals surface area contributed by atoms with Crippen LogP contribution in [0.5, 0.6) is 0 Å². The van der Waals surface area contributed by atoms with Crippen LogP contribution < -0.4 is 10.2 Å². The van der Waals surface area contributed by atoms with Gasteiger partial charge in [0.2, 0.25) is 5.95 Å². The number of anilines is 2. The van der Waals surface area contributed by atoms with Gasteiger partial charge in [-0.3, -0.25) is 0 Å². The standard InChI is InChI=1S/C11H17ClN4O/c1-11(17)3-5-16(6-4-11)9-8(12)7-14-10(13-2)15-9/h7,17H,3-6H2,1-2H3,(H,13,14,15). The van der Waals surface area contributed by atoms with E-state index in [4.69, 9.17) is 11.6 Å². The summed E-state index contributed by atoms with van der Waals surface area (Å²) in [5.74, 6) is 1.29. The summed E-state index contributed by atoms with van der Waals surface area (Å²) in [5.41, 5.74) is -0.568. The Bertz CT molecular complexity index is 400. The van der Waals surface area contributed by atoms with Crippen molar-refractivity contribution >= 4 is 23.4 Å². The second kappa shape index (κ2) is 4.66. The Morgan fingerprint density at radius 2 is 2.12 bits per heavy atom. The van der Waals surface area contributed by atoms with E-state index in [2.05, 4.69) is 20.2 Å². The number of hydrogen-bond donors (Lipinski definition) is 2. The summed E-state index contributed by atoms with van der Waals surface area (Å²) in [6.07, 6.45) is 3.05. The molecule has 94 valence electrons. The molecule has 2 N–H and O–H groups in total. The molecule has 5 nitrogen and oxygen atoms in total. The third kappa shape index (κ3) is 2.79. The normalized spacial score (nSPS) is 19.2. The number of aromatic nitrogens is 2. The molecule has 1 aromatic heterocycles. The Labute approximate surface area is 106 Å². The Balaban J connectivity index is 2.17. The third-order valence-corrected chi connectivity index (χ3v) is 3.36. The van der Waals surface area contributed by atoms with Crippen LogP contribution in [-0.2, 0) is 0 Å². The van der Waals surface area contributed by atoms with Crippen molar-refractivity contribution in [3.8, 4) is 0 Å². The molecular formula is C11H17ClN4O. The lowest BCUT2D eigenvalue weighted by molar-refractivity contribution is 0.0350. The van der Waals surface area contributed by atoms with E-state index < -0.39 is 5.60 Å². The van der Waals surface area contributed by atoms with Gasteiger partial charge in [0.05, 0.1) is 11.8 Å². The first kappa shape index (κ1) is 12.4. The van der Waals surface area contributed by atoms with Gasteiger partial charge in [0.1, 0.15) is 5.02 Å². The fourth-order valence-electron chi connectivity index (χ4n) is 1.90. The molecule has 1 fully saturated rings. The molecule has 0 radical (unpaired) electrons. The van der Waals surface area contributed by atoms with Crippen molar-refractivity contribution in [2.45, 2.75) is 25.4 Å². The van der Waals surface area contributed by atoms with Crippen LogP contribution in [0.15, 0.2) is 6.20 Å². The van der Waals surface area contributed by atoms with Crippen molar-refractivity contribution < 1.29 is 5.11 Å². The fourth-order valence-corrected chi connectivity index (χ4v) is 2.11. The van der Waals surface area contributed by atoms with E-state index in [1.54, 1.807) is 13.2 Å². The molecule has 17 heavy (non-hydrogen) atoms. The van der Waals surface area contributed by atoms with Gasteiger partial charge in [-0.25, -0.2) is 4.98 Å². The van der Waals surface area contributed by atoms with E-state index in [1.165, 1.54) is 0 Å². The SMILES string of the molecule is CNc1ncc(Cl)c(N2CCC(C)(O)CC2)n1. The van der Waals surface area contributed by atoms with Crippen LogP contribution in [0.4, 0.5) is 11.8 Å². The number of piperidine rings is 1. The zero-order valence-corrected chi connectivity index (χ0v) is 10.8. The second-order valence-electron chi connectivity index (χ2n) is 4.60. The highest BCUT2D eigenvalue weighted by atomic mass is 35.5. The molecular weight excluding hydrogens is 240 g/mol. The summed E-state index contributed by atoms with van der Waals surface area (Å²) in [7, 11) is 1.77. The predicted octanol–water partition coefficient (Wildman–Crippen LogP) is 1.52. The zero-order valence-electron chi connectivity index (χ0n) is 10.1. The number of hydrogen-bond acceptors (Lipinski definition) is 5. The Hall–Kier alpha value is -1.07. The summed E-state index contributed by atoms with van der Waals surface area (Å²) >= 11 is 6.10. The van der Waals surface area contributed by atoms with Crippen molar-refractivity contribution in [2.75, 3.05) is 30.4 Å². The topological polar surface area (TPSA) is 61.3 Å². The zero-order chi connectivity index (χ0) is 12.5. The molecule has 0 spiro atoms. The molecule has 2 heterocycles. The number of nitrogens with one attached hydrogen (secondary N) is 1. The summed E-state index contributed by atoms with van der Waals surface area (Å²) in [6, 6.07) is 0. The van der Waals surface area contributed by atoms with Crippen LogP contribution in [0.3, 0.4) is 0 Å². The molecule has 0 amide bonds. The van der Waals surface area contributed by atoms with Crippen LogP contribution in [-0.4, -0.2) is 40.8 Å². The Morgan fingerprint density at radius 3 is 2.71 bits per heavy atom. The molecule has 1 aliphatic rings. The smallest absolute Gasteiger partial charge is 0.224 e. The first-order valence-electron chi connectivity index (χ1n) is 5.69. The van der Waals surface area contributed by atoms with Gasteiger partial charge in [-0.15, -0.1) is 0 Å². The van der Waals surface area contributed by atoms with Crippen molar-refractivity contribution in [3.05, 3.63) is 11.2 Å². The van der Waals surface area contributed by atoms with Gasteiger partial charge in [0.25, 0.3) is 0 Å². The maximum atomic E-state index is 9.90. The Morgan fingerprint density at radius 1 is 1.47 bits per heavy atom. The Kier molecular flexibility index (Phi) is 3.40. The quantitative estimate of drug-likeness (QED) is 0.840. The predicted molar refractivity (Wildman–Crippen MR) is 68.7 cm³/mol. The highest BCUT2D eigenvalue weighted by Crippen LogP contribution is 2.29. The second-order valence-corrected chi connectivity index (χ2v) is 5.01. The highest BCUT2D eigenvalue weighted by molar-refractivity contribution is 6.32. The lowest BCUT2D eigenvalue weighted by Gasteiger charge is -2.36. The van der Waals surface area contributed by atoms with Gasteiger partial charge in [0, 0.05) is 20.1 Å². The largest absolute Gasteiger partial charge is 0.390 e. The van der Waals surface area contributed by atoms with Crippen molar-refractivity contribution in [1.82, 2.24) is 9.97 Å². The summed E-state index contributed by atoms with van der Waals surface area (Å²) in [5, 5.41) is 13.3. The molecule has 0 aromatic carbocycles. The van der Waals surface area contributed by atoms with E-state index in [-0.39, 0.29) is 0 Å². The van der Waals surface area contributed by atoms with Crippen molar-refractivity contribution in [2.24, 2.45) is 0 Å². The number of rotatable bonds is 2. The van der Waals surface area contributed by atoms with Gasteiger partial charge in [-0.05, 0) is 19.8 Å². The molecule has 0 atom stereocenters. The van der Waals surface area contributed by atoms with Gasteiger partial charge >= 0.3 is 0 Å². The van der Waals surface area contributed by atoms with Gasteiger partial charge in [-0.1, -0.05) is 11.6 Å². The molecule has 6 heteroatoms. The number of halogens is 1. The monoisotopic (exact) mass is 256 g/mol. The minimum Gasteiger partial charge on any atom is -0.390 e. The van der Waals surface area contributed by atoms with Gasteiger partial charge in [0.15, 0.2) is 5.82 Å². The number of nitrogens with zero attached hydrogens (tertiary/aromatic N) is 3. The maximum absolute atomic E-state index is 9.90. The van der Waals surface area contributed by atoms with Crippen LogP contribution in [0.2, 0.25) is 5.02 Å². The molecule has 1 aromatic rings. The number of aliphatic hydroxyl groups is 1. The average Bonchev–Trinajstić information content (AvgIpc) is 2.30. The van der Waals surface area contributed by atoms with Crippen molar-refractivity contribution in [1.29, 1.82) is 0 Å². The van der Waals surface area contributed by atoms with E-state index in [9.17, 15) is 5.11 Å². The van der Waals surface area contributed by atoms with E-state index in [0.717, 1.165) is 31.7 Å². The fraction of sp³-hybridized carbons (Fsp3) is 0.636. The van der Waals surface area contributed by atoms with Gasteiger partial charge < -0.3 is 15.3 Å². The average molecular weight is 257 g/mol. The van der Waals surface area contributed by atoms with E-state index >= 15 is 0 Å². The van der Waals surface area contributed by atoms with Gasteiger partial charge in [-0.2, -0.15) is 4.98 Å². The maximum Gasteiger partial charge on any atom is 0.224 e. The lowest BCUT2D eigenvalue weighted by atomic mass is 9.94. The van der Waals surface area contributed by atoms with E-state index in [1.807, 2.05) is 6.92 Å². The lowest BCUT2D eigenvalue weighted by Crippen LogP contribution is -2.43. The summed E-state index contributed by atoms with van der Waals surface area (Å²) in [4.78, 5) is 10.5. The first-order valence-corrected chi connectivity index (χ1v) is 6.07. The first-order chi connectivity index (χ1) is 8.02.